The smallest absolute Gasteiger partial charge is 0.260 e. The zero-order valence-electron chi connectivity index (χ0n) is 34.2. The molecule has 1 saturated carbocycles. The highest BCUT2D eigenvalue weighted by Gasteiger charge is 2.70. The average Bonchev–Trinajstić information content (AvgIpc) is 3.67. The van der Waals surface area contributed by atoms with E-state index in [1.54, 1.807) is 60.7 Å². The molecule has 4 amide bonds. The molecule has 6 aromatic carbocycles. The lowest BCUT2D eigenvalue weighted by atomic mass is 9.49. The standard InChI is InChI=1S/C50H40ClFN6O5/c1-56(2)35-20-16-32(17-21-35)53-54-33-18-22-36(23-19-33)57-46(60)39-26-25-38-41(43(39)48(57)62)27-42-47(61)58(55-34-14-12-31(52)13-15-34)49(63)50(42,29-8-10-30(51)11-9-29)44(38)40-24-7-28-5-3-4-6-37(28)45(40)59/h3-25,39,41-44,55,59H,26-27H2,1-2H3/t39-,41+,42-,43-,44+,50+/m0/s1. The number of hydrogen-bond donors (Lipinski definition) is 2. The Bertz CT molecular complexity index is 2900. The van der Waals surface area contributed by atoms with E-state index in [1.165, 1.54) is 29.2 Å². The number of aromatic hydroxyl groups is 1. The fraction of sp³-hybridized carbons (Fsp3) is 0.200. The SMILES string of the molecule is CN(C)c1ccc(N=Nc2ccc(N3C(=O)[C@H]4[C@H](CC=C5[C@H]4C[C@H]4C(=O)N(Nc6ccc(F)cc6)C(=O)[C@@]4(c4ccc(Cl)cc4)[C@H]5c4ccc5ccccc5c4O)C3=O)cc2)cc1. The second kappa shape index (κ2) is 15.3. The number of carbonyl (C=O) groups excluding carboxylic acids is 4. The van der Waals surface area contributed by atoms with E-state index in [-0.39, 0.29) is 24.5 Å². The van der Waals surface area contributed by atoms with Crippen molar-refractivity contribution in [1.82, 2.24) is 5.01 Å². The van der Waals surface area contributed by atoms with E-state index in [9.17, 15) is 19.1 Å². The van der Waals surface area contributed by atoms with Gasteiger partial charge in [-0.2, -0.15) is 15.2 Å². The summed E-state index contributed by atoms with van der Waals surface area (Å²) in [7, 11) is 3.91. The topological polar surface area (TPSA) is 135 Å². The molecule has 2 aliphatic carbocycles. The van der Waals surface area contributed by atoms with E-state index in [1.807, 2.05) is 73.6 Å². The van der Waals surface area contributed by atoms with Gasteiger partial charge in [-0.05, 0) is 115 Å². The van der Waals surface area contributed by atoms with Crippen LogP contribution in [0.2, 0.25) is 5.02 Å². The largest absolute Gasteiger partial charge is 0.507 e. The van der Waals surface area contributed by atoms with Crippen molar-refractivity contribution in [1.29, 1.82) is 0 Å². The Hall–Kier alpha value is -7.18. The first-order valence-corrected chi connectivity index (χ1v) is 21.1. The van der Waals surface area contributed by atoms with Crippen LogP contribution in [0, 0.1) is 29.5 Å². The third-order valence-corrected chi connectivity index (χ3v) is 13.5. The Balaban J connectivity index is 1.06. The number of anilines is 3. The van der Waals surface area contributed by atoms with Crippen molar-refractivity contribution in [2.45, 2.75) is 24.2 Å². The fourth-order valence-electron chi connectivity index (χ4n) is 10.4. The summed E-state index contributed by atoms with van der Waals surface area (Å²) in [6, 6.07) is 37.5. The number of hydrogen-bond acceptors (Lipinski definition) is 9. The Labute approximate surface area is 367 Å². The summed E-state index contributed by atoms with van der Waals surface area (Å²) in [5.41, 5.74) is 5.82. The highest BCUT2D eigenvalue weighted by Crippen LogP contribution is 2.65. The number of hydrazine groups is 1. The van der Waals surface area contributed by atoms with Gasteiger partial charge >= 0.3 is 0 Å². The molecule has 10 rings (SSSR count). The highest BCUT2D eigenvalue weighted by molar-refractivity contribution is 6.30. The van der Waals surface area contributed by atoms with Gasteiger partial charge < -0.3 is 10.0 Å². The van der Waals surface area contributed by atoms with Gasteiger partial charge in [-0.25, -0.2) is 4.39 Å². The van der Waals surface area contributed by atoms with Crippen molar-refractivity contribution in [3.63, 3.8) is 0 Å². The second-order valence-electron chi connectivity index (χ2n) is 16.7. The third-order valence-electron chi connectivity index (χ3n) is 13.3. The number of allylic oxidation sites excluding steroid dienone is 2. The van der Waals surface area contributed by atoms with Crippen LogP contribution in [-0.4, -0.2) is 47.8 Å². The minimum absolute atomic E-state index is 0.0499. The number of carbonyl (C=O) groups is 4. The molecule has 2 N–H and O–H groups in total. The van der Waals surface area contributed by atoms with Crippen molar-refractivity contribution in [2.75, 3.05) is 29.3 Å². The summed E-state index contributed by atoms with van der Waals surface area (Å²) in [5.74, 6) is -6.75. The molecule has 6 atom stereocenters. The summed E-state index contributed by atoms with van der Waals surface area (Å²) >= 11 is 6.44. The molecule has 0 bridgehead atoms. The van der Waals surface area contributed by atoms with Gasteiger partial charge in [0.25, 0.3) is 11.8 Å². The number of rotatable bonds is 8. The van der Waals surface area contributed by atoms with Gasteiger partial charge in [-0.3, -0.25) is 29.5 Å². The molecule has 2 saturated heterocycles. The van der Waals surface area contributed by atoms with Crippen LogP contribution in [0.25, 0.3) is 10.8 Å². The summed E-state index contributed by atoms with van der Waals surface area (Å²) in [6.07, 6.45) is 2.19. The molecule has 314 valence electrons. The second-order valence-corrected chi connectivity index (χ2v) is 17.2. The molecular weight excluding hydrogens is 819 g/mol. The molecule has 0 aromatic heterocycles. The van der Waals surface area contributed by atoms with Gasteiger partial charge in [0.05, 0.1) is 45.9 Å². The van der Waals surface area contributed by atoms with E-state index in [0.717, 1.165) is 16.1 Å². The van der Waals surface area contributed by atoms with Crippen molar-refractivity contribution in [3.05, 3.63) is 167 Å². The van der Waals surface area contributed by atoms with Crippen LogP contribution in [0.3, 0.4) is 0 Å². The number of phenolic OH excluding ortho intramolecular Hbond substituents is 1. The molecule has 0 radical (unpaired) electrons. The van der Waals surface area contributed by atoms with E-state index in [0.29, 0.717) is 49.9 Å². The van der Waals surface area contributed by atoms with Crippen LogP contribution in [0.15, 0.2) is 155 Å². The maximum atomic E-state index is 15.5. The van der Waals surface area contributed by atoms with Crippen LogP contribution in [0.5, 0.6) is 5.75 Å². The summed E-state index contributed by atoms with van der Waals surface area (Å²) in [4.78, 5) is 63.0. The molecule has 11 nitrogen and oxygen atoms in total. The number of azo groups is 1. The number of nitrogens with one attached hydrogen (secondary N) is 1. The van der Waals surface area contributed by atoms with Gasteiger partial charge in [-0.15, -0.1) is 0 Å². The summed E-state index contributed by atoms with van der Waals surface area (Å²) in [6.45, 7) is 0. The zero-order chi connectivity index (χ0) is 43.7. The van der Waals surface area contributed by atoms with Crippen molar-refractivity contribution >= 4 is 74.4 Å². The lowest BCUT2D eigenvalue weighted by molar-refractivity contribution is -0.138. The lowest BCUT2D eigenvalue weighted by Gasteiger charge is -2.50. The number of imide groups is 2. The first-order chi connectivity index (χ1) is 30.4. The fourth-order valence-corrected chi connectivity index (χ4v) is 10.5. The van der Waals surface area contributed by atoms with E-state index in [2.05, 4.69) is 15.7 Å². The number of nitrogens with zero attached hydrogens (tertiary/aromatic N) is 5. The molecule has 4 aliphatic rings. The monoisotopic (exact) mass is 858 g/mol. The van der Waals surface area contributed by atoms with E-state index in [4.69, 9.17) is 11.6 Å². The van der Waals surface area contributed by atoms with Crippen LogP contribution < -0.4 is 15.2 Å². The molecule has 63 heavy (non-hydrogen) atoms. The minimum Gasteiger partial charge on any atom is -0.507 e. The maximum Gasteiger partial charge on any atom is 0.260 e. The molecule has 13 heteroatoms. The number of amides is 4. The maximum absolute atomic E-state index is 15.5. The van der Waals surface area contributed by atoms with Gasteiger partial charge in [0.2, 0.25) is 11.8 Å². The molecular formula is C50H40ClFN6O5. The predicted octanol–water partition coefficient (Wildman–Crippen LogP) is 10.0. The third kappa shape index (κ3) is 6.38. The number of benzene rings is 6. The first-order valence-electron chi connectivity index (χ1n) is 20.7. The quantitative estimate of drug-likeness (QED) is 0.0884. The van der Waals surface area contributed by atoms with Gasteiger partial charge in [0.15, 0.2) is 0 Å². The van der Waals surface area contributed by atoms with Crippen molar-refractivity contribution < 1.29 is 28.7 Å². The molecule has 0 unspecified atom stereocenters. The van der Waals surface area contributed by atoms with Crippen LogP contribution >= 0.6 is 11.6 Å². The lowest BCUT2D eigenvalue weighted by Crippen LogP contribution is -2.53. The van der Waals surface area contributed by atoms with Gasteiger partial charge in [0, 0.05) is 41.7 Å². The molecule has 6 aromatic rings. The number of halogens is 2. The molecule has 2 aliphatic heterocycles. The highest BCUT2D eigenvalue weighted by atomic mass is 35.5. The predicted molar refractivity (Wildman–Crippen MR) is 239 cm³/mol. The summed E-state index contributed by atoms with van der Waals surface area (Å²) in [5, 5.41) is 23.7. The average molecular weight is 859 g/mol. The molecule has 2 heterocycles. The van der Waals surface area contributed by atoms with Crippen LogP contribution in [0.4, 0.5) is 32.8 Å². The van der Waals surface area contributed by atoms with Crippen molar-refractivity contribution in [2.24, 2.45) is 33.9 Å². The van der Waals surface area contributed by atoms with E-state index >= 15 is 9.59 Å². The van der Waals surface area contributed by atoms with Gasteiger partial charge in [0.1, 0.15) is 11.6 Å². The Kier molecular flexibility index (Phi) is 9.71. The minimum atomic E-state index is -1.64. The number of phenols is 1. The Morgan fingerprint density at radius 3 is 2.11 bits per heavy atom. The summed E-state index contributed by atoms with van der Waals surface area (Å²) < 4.78 is 14.0. The van der Waals surface area contributed by atoms with Crippen molar-refractivity contribution in [3.8, 4) is 5.75 Å². The number of fused-ring (bicyclic) bond motifs is 5. The Morgan fingerprint density at radius 1 is 0.762 bits per heavy atom. The normalized spacial score (nSPS) is 24.1. The first kappa shape index (κ1) is 39.9. The van der Waals surface area contributed by atoms with E-state index < -0.39 is 58.5 Å². The zero-order valence-corrected chi connectivity index (χ0v) is 34.9. The van der Waals surface area contributed by atoms with Gasteiger partial charge in [-0.1, -0.05) is 71.8 Å². The van der Waals surface area contributed by atoms with Crippen LogP contribution in [-0.2, 0) is 24.6 Å². The molecule has 3 fully saturated rings. The molecule has 0 spiro atoms. The Morgan fingerprint density at radius 2 is 1.43 bits per heavy atom. The van der Waals surface area contributed by atoms with Crippen LogP contribution in [0.1, 0.15) is 29.9 Å².